The van der Waals surface area contributed by atoms with Gasteiger partial charge in [0.05, 0.1) is 23.7 Å². The van der Waals surface area contributed by atoms with Gasteiger partial charge >= 0.3 is 5.69 Å². The largest absolute Gasteiger partial charge is 0.487 e. The number of ether oxygens (including phenoxy) is 3. The Bertz CT molecular complexity index is 927. The first kappa shape index (κ1) is 23.7. The van der Waals surface area contributed by atoms with Crippen molar-refractivity contribution in [1.29, 1.82) is 0 Å². The van der Waals surface area contributed by atoms with Crippen molar-refractivity contribution in [1.82, 2.24) is 5.32 Å². The Balaban J connectivity index is 2.66. The zero-order valence-corrected chi connectivity index (χ0v) is 18.2. The minimum atomic E-state index is -0.614. The summed E-state index contributed by atoms with van der Waals surface area (Å²) < 4.78 is 17.3. The molecule has 8 nitrogen and oxygen atoms in total. The van der Waals surface area contributed by atoms with Gasteiger partial charge in [-0.05, 0) is 26.3 Å². The van der Waals surface area contributed by atoms with E-state index in [0.29, 0.717) is 6.42 Å². The van der Waals surface area contributed by atoms with Gasteiger partial charge in [-0.2, -0.15) is 0 Å². The van der Waals surface area contributed by atoms with E-state index in [2.05, 4.69) is 11.9 Å². The number of nitrogens with zero attached hydrogens (tertiary/aromatic N) is 1. The summed E-state index contributed by atoms with van der Waals surface area (Å²) in [4.78, 5) is 24.0. The van der Waals surface area contributed by atoms with E-state index in [1.54, 1.807) is 26.8 Å². The van der Waals surface area contributed by atoms with Gasteiger partial charge in [-0.3, -0.25) is 14.9 Å². The fourth-order valence-corrected chi connectivity index (χ4v) is 2.91. The molecule has 0 aromatic heterocycles. The number of nitrogens with one attached hydrogen (secondary N) is 1. The molecule has 166 valence electrons. The van der Waals surface area contributed by atoms with Crippen LogP contribution in [0.3, 0.4) is 0 Å². The summed E-state index contributed by atoms with van der Waals surface area (Å²) >= 11 is 0. The molecular formula is C23H28N2O6. The standard InChI is InChI=1S/C23H28N2O6/c1-6-10-16(4)31-20-18(23(26)24-15(2)3)13-19(25(27)28)21(29-5)22(20)30-14-17-11-8-7-9-12-17/h6-9,11-13,15-16H,1,10,14H2,2-5H3,(H,24,26)/t16-/m1/s1. The van der Waals surface area contributed by atoms with Crippen molar-refractivity contribution in [2.75, 3.05) is 7.11 Å². The Morgan fingerprint density at radius 1 is 1.19 bits per heavy atom. The molecule has 2 aromatic rings. The van der Waals surface area contributed by atoms with Crippen molar-refractivity contribution in [3.8, 4) is 17.2 Å². The van der Waals surface area contributed by atoms with Gasteiger partial charge in [-0.15, -0.1) is 6.58 Å². The number of rotatable bonds is 11. The molecule has 0 aliphatic heterocycles. The summed E-state index contributed by atoms with van der Waals surface area (Å²) in [6.45, 7) is 9.21. The second kappa shape index (κ2) is 11.0. The van der Waals surface area contributed by atoms with E-state index in [4.69, 9.17) is 14.2 Å². The maximum absolute atomic E-state index is 12.9. The van der Waals surface area contributed by atoms with Crippen molar-refractivity contribution < 1.29 is 23.9 Å². The summed E-state index contributed by atoms with van der Waals surface area (Å²) in [7, 11) is 1.31. The molecule has 1 N–H and O–H groups in total. The first-order valence-electron chi connectivity index (χ1n) is 9.92. The lowest BCUT2D eigenvalue weighted by Gasteiger charge is -2.22. The molecule has 1 amide bonds. The van der Waals surface area contributed by atoms with Crippen LogP contribution in [-0.4, -0.2) is 30.1 Å². The third-order valence-electron chi connectivity index (χ3n) is 4.28. The van der Waals surface area contributed by atoms with Crippen molar-refractivity contribution in [2.24, 2.45) is 0 Å². The van der Waals surface area contributed by atoms with Gasteiger partial charge in [0.2, 0.25) is 11.5 Å². The molecule has 2 aromatic carbocycles. The van der Waals surface area contributed by atoms with Gasteiger partial charge in [0.25, 0.3) is 5.91 Å². The minimum Gasteiger partial charge on any atom is -0.487 e. The lowest BCUT2D eigenvalue weighted by Crippen LogP contribution is -2.31. The van der Waals surface area contributed by atoms with Gasteiger partial charge in [0.15, 0.2) is 5.75 Å². The SMILES string of the molecule is C=CC[C@@H](C)Oc1c(C(=O)NC(C)C)cc([N+](=O)[O-])c(OC)c1OCc1ccccc1. The fraction of sp³-hybridized carbons (Fsp3) is 0.348. The van der Waals surface area contributed by atoms with E-state index >= 15 is 0 Å². The molecule has 0 saturated carbocycles. The van der Waals surface area contributed by atoms with Crippen LogP contribution in [0.15, 0.2) is 49.1 Å². The van der Waals surface area contributed by atoms with Crippen LogP contribution in [0.25, 0.3) is 0 Å². The van der Waals surface area contributed by atoms with Crippen molar-refractivity contribution >= 4 is 11.6 Å². The molecule has 0 fully saturated rings. The number of carbonyl (C=O) groups excluding carboxylic acids is 1. The molecular weight excluding hydrogens is 400 g/mol. The van der Waals surface area contributed by atoms with Crippen LogP contribution in [0.1, 0.15) is 43.1 Å². The highest BCUT2D eigenvalue weighted by Crippen LogP contribution is 2.47. The lowest BCUT2D eigenvalue weighted by atomic mass is 10.1. The van der Waals surface area contributed by atoms with Crippen molar-refractivity contribution in [2.45, 2.75) is 45.9 Å². The monoisotopic (exact) mass is 428 g/mol. The topological polar surface area (TPSA) is 99.9 Å². The average Bonchev–Trinajstić information content (AvgIpc) is 2.72. The van der Waals surface area contributed by atoms with Crippen LogP contribution in [-0.2, 0) is 6.61 Å². The summed E-state index contributed by atoms with van der Waals surface area (Å²) in [5, 5.41) is 14.5. The van der Waals surface area contributed by atoms with E-state index in [1.165, 1.54) is 7.11 Å². The van der Waals surface area contributed by atoms with E-state index < -0.39 is 10.8 Å². The van der Waals surface area contributed by atoms with E-state index in [1.807, 2.05) is 30.3 Å². The maximum atomic E-state index is 12.9. The normalized spacial score (nSPS) is 11.5. The molecule has 31 heavy (non-hydrogen) atoms. The molecule has 0 aliphatic carbocycles. The summed E-state index contributed by atoms with van der Waals surface area (Å²) in [6, 6.07) is 10.3. The van der Waals surface area contributed by atoms with E-state index in [0.717, 1.165) is 11.6 Å². The molecule has 0 spiro atoms. The highest BCUT2D eigenvalue weighted by atomic mass is 16.6. The number of hydrogen-bond donors (Lipinski definition) is 1. The quantitative estimate of drug-likeness (QED) is 0.317. The Morgan fingerprint density at radius 3 is 2.42 bits per heavy atom. The van der Waals surface area contributed by atoms with Crippen LogP contribution in [0.2, 0.25) is 0 Å². The average molecular weight is 428 g/mol. The summed E-state index contributed by atoms with van der Waals surface area (Å²) in [5.74, 6) is -0.523. The lowest BCUT2D eigenvalue weighted by molar-refractivity contribution is -0.385. The first-order chi connectivity index (χ1) is 14.8. The van der Waals surface area contributed by atoms with Crippen LogP contribution in [0, 0.1) is 10.1 Å². The zero-order chi connectivity index (χ0) is 23.0. The summed E-state index contributed by atoms with van der Waals surface area (Å²) in [5.41, 5.74) is 0.456. The van der Waals surface area contributed by atoms with E-state index in [-0.39, 0.29) is 47.3 Å². The van der Waals surface area contributed by atoms with Crippen LogP contribution >= 0.6 is 0 Å². The van der Waals surface area contributed by atoms with Crippen LogP contribution in [0.4, 0.5) is 5.69 Å². The number of benzene rings is 2. The zero-order valence-electron chi connectivity index (χ0n) is 18.2. The second-order valence-corrected chi connectivity index (χ2v) is 7.25. The molecule has 0 unspecified atom stereocenters. The molecule has 0 aliphatic rings. The predicted octanol–water partition coefficient (Wildman–Crippen LogP) is 4.66. The molecule has 0 heterocycles. The predicted molar refractivity (Wildman–Crippen MR) is 118 cm³/mol. The number of amides is 1. The number of nitro groups is 1. The Hall–Kier alpha value is -3.55. The number of nitro benzene ring substituents is 1. The third kappa shape index (κ3) is 6.21. The molecule has 8 heteroatoms. The number of carbonyl (C=O) groups is 1. The van der Waals surface area contributed by atoms with Gasteiger partial charge in [0.1, 0.15) is 6.61 Å². The van der Waals surface area contributed by atoms with Gasteiger partial charge < -0.3 is 19.5 Å². The number of hydrogen-bond acceptors (Lipinski definition) is 6. The van der Waals surface area contributed by atoms with Gasteiger partial charge in [-0.25, -0.2) is 0 Å². The van der Waals surface area contributed by atoms with Gasteiger partial charge in [0, 0.05) is 18.5 Å². The van der Waals surface area contributed by atoms with Crippen molar-refractivity contribution in [3.63, 3.8) is 0 Å². The smallest absolute Gasteiger partial charge is 0.315 e. The molecule has 1 atom stereocenters. The van der Waals surface area contributed by atoms with Crippen molar-refractivity contribution in [3.05, 3.63) is 70.3 Å². The molecule has 2 rings (SSSR count). The Labute approximate surface area is 182 Å². The third-order valence-corrected chi connectivity index (χ3v) is 4.28. The second-order valence-electron chi connectivity index (χ2n) is 7.25. The highest BCUT2D eigenvalue weighted by molar-refractivity contribution is 5.99. The first-order valence-corrected chi connectivity index (χ1v) is 9.92. The number of methoxy groups -OCH3 is 1. The molecule has 0 saturated heterocycles. The Morgan fingerprint density at radius 2 is 1.87 bits per heavy atom. The molecule has 0 bridgehead atoms. The van der Waals surface area contributed by atoms with Gasteiger partial charge in [-0.1, -0.05) is 36.4 Å². The minimum absolute atomic E-state index is 0.000161. The molecule has 0 radical (unpaired) electrons. The maximum Gasteiger partial charge on any atom is 0.315 e. The Kier molecular flexibility index (Phi) is 8.43. The summed E-state index contributed by atoms with van der Waals surface area (Å²) in [6.07, 6.45) is 1.84. The highest BCUT2D eigenvalue weighted by Gasteiger charge is 2.32. The van der Waals surface area contributed by atoms with Crippen LogP contribution < -0.4 is 19.5 Å². The van der Waals surface area contributed by atoms with E-state index in [9.17, 15) is 14.9 Å². The van der Waals surface area contributed by atoms with Crippen LogP contribution in [0.5, 0.6) is 17.2 Å². The fourth-order valence-electron chi connectivity index (χ4n) is 2.91.